The van der Waals surface area contributed by atoms with Crippen LogP contribution < -0.4 is 0 Å². The molecule has 1 saturated heterocycles. The maximum Gasteiger partial charge on any atom is 0.187 e. The van der Waals surface area contributed by atoms with Crippen LogP contribution in [0.1, 0.15) is 121 Å². The van der Waals surface area contributed by atoms with Gasteiger partial charge in [-0.25, -0.2) is 0 Å². The minimum absolute atomic E-state index is 0.0747. The van der Waals surface area contributed by atoms with Crippen LogP contribution in [0.3, 0.4) is 0 Å². The van der Waals surface area contributed by atoms with Gasteiger partial charge in [-0.1, -0.05) is 155 Å². The molecule has 9 rings (SSSR count). The SMILES string of the molecule is CC(C)CC[C@H]1CC[C@H]2[C@@H]3CCC4C[C@@H](O[C@H]5O[C@H](COCc6ccccc6)[C@@H](OCc6ccccc6)[C@H](OCc6ccccc6)[C@H]5OCc5ccccc5)CC[C@]4(C)[C@H]3CC[C@]12C. The highest BCUT2D eigenvalue weighted by Gasteiger charge is 2.60. The van der Waals surface area contributed by atoms with Gasteiger partial charge in [-0.05, 0) is 133 Å². The molecule has 5 fully saturated rings. The lowest BCUT2D eigenvalue weighted by atomic mass is 9.44. The quantitative estimate of drug-likeness (QED) is 0.0929. The molecule has 4 aromatic rings. The number of benzene rings is 4. The zero-order valence-corrected chi connectivity index (χ0v) is 39.2. The van der Waals surface area contributed by atoms with Crippen molar-refractivity contribution in [1.82, 2.24) is 0 Å². The highest BCUT2D eigenvalue weighted by molar-refractivity contribution is 5.17. The average Bonchev–Trinajstić information content (AvgIpc) is 3.67. The van der Waals surface area contributed by atoms with Gasteiger partial charge in [-0.3, -0.25) is 0 Å². The van der Waals surface area contributed by atoms with E-state index in [0.717, 1.165) is 64.7 Å². The van der Waals surface area contributed by atoms with Gasteiger partial charge in [0.1, 0.15) is 24.4 Å². The van der Waals surface area contributed by atoms with Crippen molar-refractivity contribution in [2.75, 3.05) is 6.61 Å². The molecule has 13 atom stereocenters. The Morgan fingerprint density at radius 2 is 1.09 bits per heavy atom. The van der Waals surface area contributed by atoms with Crippen molar-refractivity contribution in [3.8, 4) is 0 Å². The number of fused-ring (bicyclic) bond motifs is 5. The molecule has 6 nitrogen and oxygen atoms in total. The van der Waals surface area contributed by atoms with Gasteiger partial charge < -0.3 is 28.4 Å². The molecule has 5 aliphatic rings. The normalized spacial score (nSPS) is 34.8. The highest BCUT2D eigenvalue weighted by Crippen LogP contribution is 2.68. The highest BCUT2D eigenvalue weighted by atomic mass is 16.7. The first-order chi connectivity index (χ1) is 31.3. The largest absolute Gasteiger partial charge is 0.374 e. The zero-order valence-electron chi connectivity index (χ0n) is 39.2. The summed E-state index contributed by atoms with van der Waals surface area (Å²) in [6, 6.07) is 41.5. The molecule has 0 amide bonds. The molecule has 0 N–H and O–H groups in total. The standard InChI is InChI=1S/C58H76O6/c1-41(2)25-26-46-28-30-50-49-29-27-47-35-48(31-33-58(47,4)51(49)32-34-57(46,50)3)63-56-55(62-39-45-23-15-8-16-24-45)54(61-38-44-21-13-7-14-22-44)53(60-37-43-19-11-6-12-20-43)52(64-56)40-59-36-42-17-9-5-10-18-42/h5-24,41,46-56H,25-40H2,1-4H3/t46-,47?,48-,49-,50-,51-,52+,53+,54-,55+,56-,57+,58-/m0/s1. The van der Waals surface area contributed by atoms with Crippen molar-refractivity contribution < 1.29 is 28.4 Å². The Balaban J connectivity index is 0.963. The molecular formula is C58H76O6. The molecule has 64 heavy (non-hydrogen) atoms. The third kappa shape index (κ3) is 10.4. The van der Waals surface area contributed by atoms with E-state index in [1.807, 2.05) is 24.3 Å². The summed E-state index contributed by atoms with van der Waals surface area (Å²) in [4.78, 5) is 0. The summed E-state index contributed by atoms with van der Waals surface area (Å²) < 4.78 is 42.1. The fourth-order valence-corrected chi connectivity index (χ4v) is 13.5. The number of rotatable bonds is 18. The van der Waals surface area contributed by atoms with E-state index in [9.17, 15) is 0 Å². The van der Waals surface area contributed by atoms with Crippen LogP contribution in [-0.4, -0.2) is 43.4 Å². The summed E-state index contributed by atoms with van der Waals surface area (Å²) in [6.07, 6.45) is 12.0. The van der Waals surface area contributed by atoms with Crippen LogP contribution in [0.5, 0.6) is 0 Å². The van der Waals surface area contributed by atoms with E-state index in [4.69, 9.17) is 28.4 Å². The monoisotopic (exact) mass is 869 g/mol. The molecule has 1 heterocycles. The molecule has 1 unspecified atom stereocenters. The van der Waals surface area contributed by atoms with Crippen molar-refractivity contribution in [1.29, 1.82) is 0 Å². The second kappa shape index (κ2) is 21.1. The second-order valence-electron chi connectivity index (χ2n) is 21.3. The molecule has 344 valence electrons. The smallest absolute Gasteiger partial charge is 0.187 e. The molecule has 4 aliphatic carbocycles. The summed E-state index contributed by atoms with van der Waals surface area (Å²) in [6.45, 7) is 12.2. The van der Waals surface area contributed by atoms with Crippen molar-refractivity contribution in [2.24, 2.45) is 46.3 Å². The first-order valence-electron chi connectivity index (χ1n) is 25.2. The molecular weight excluding hydrogens is 793 g/mol. The number of hydrogen-bond donors (Lipinski definition) is 0. The third-order valence-corrected chi connectivity index (χ3v) is 17.1. The Morgan fingerprint density at radius 1 is 0.562 bits per heavy atom. The van der Waals surface area contributed by atoms with Gasteiger partial charge in [0.15, 0.2) is 6.29 Å². The van der Waals surface area contributed by atoms with E-state index in [2.05, 4.69) is 125 Å². The lowest BCUT2D eigenvalue weighted by Crippen LogP contribution is -2.62. The van der Waals surface area contributed by atoms with Crippen LogP contribution in [-0.2, 0) is 54.8 Å². The van der Waals surface area contributed by atoms with E-state index >= 15 is 0 Å². The van der Waals surface area contributed by atoms with Crippen molar-refractivity contribution in [3.05, 3.63) is 144 Å². The molecule has 0 spiro atoms. The zero-order chi connectivity index (χ0) is 43.9. The lowest BCUT2D eigenvalue weighted by molar-refractivity contribution is -0.340. The van der Waals surface area contributed by atoms with E-state index in [1.54, 1.807) is 0 Å². The molecule has 0 radical (unpaired) electrons. The van der Waals surface area contributed by atoms with Gasteiger partial charge >= 0.3 is 0 Å². The van der Waals surface area contributed by atoms with Crippen molar-refractivity contribution in [3.63, 3.8) is 0 Å². The van der Waals surface area contributed by atoms with Crippen LogP contribution in [0.2, 0.25) is 0 Å². The van der Waals surface area contributed by atoms with Gasteiger partial charge in [0.05, 0.1) is 39.1 Å². The van der Waals surface area contributed by atoms with Gasteiger partial charge in [0.2, 0.25) is 0 Å². The topological polar surface area (TPSA) is 55.4 Å². The summed E-state index contributed by atoms with van der Waals surface area (Å²) in [5.41, 5.74) is 5.31. The lowest BCUT2D eigenvalue weighted by Gasteiger charge is -2.61. The second-order valence-corrected chi connectivity index (χ2v) is 21.3. The summed E-state index contributed by atoms with van der Waals surface area (Å²) in [5.74, 6) is 4.98. The molecule has 4 saturated carbocycles. The number of ether oxygens (including phenoxy) is 6. The van der Waals surface area contributed by atoms with E-state index in [1.165, 1.54) is 57.8 Å². The first-order valence-corrected chi connectivity index (χ1v) is 25.2. The van der Waals surface area contributed by atoms with Gasteiger partial charge in [0, 0.05) is 0 Å². The Kier molecular flexibility index (Phi) is 15.1. The van der Waals surface area contributed by atoms with Crippen molar-refractivity contribution >= 4 is 0 Å². The Hall–Kier alpha value is -3.36. The van der Waals surface area contributed by atoms with Crippen molar-refractivity contribution in [2.45, 2.75) is 162 Å². The first kappa shape index (κ1) is 45.8. The maximum absolute atomic E-state index is 7.36. The van der Waals surface area contributed by atoms with Gasteiger partial charge in [0.25, 0.3) is 0 Å². The third-order valence-electron chi connectivity index (χ3n) is 17.1. The summed E-state index contributed by atoms with van der Waals surface area (Å²) in [5, 5.41) is 0. The van der Waals surface area contributed by atoms with Crippen LogP contribution >= 0.6 is 0 Å². The minimum Gasteiger partial charge on any atom is -0.374 e. The molecule has 4 aromatic carbocycles. The summed E-state index contributed by atoms with van der Waals surface area (Å²) in [7, 11) is 0. The molecule has 0 bridgehead atoms. The van der Waals surface area contributed by atoms with Crippen LogP contribution in [0, 0.1) is 46.3 Å². The minimum atomic E-state index is -0.659. The number of hydrogen-bond acceptors (Lipinski definition) is 6. The predicted molar refractivity (Wildman–Crippen MR) is 254 cm³/mol. The van der Waals surface area contributed by atoms with E-state index < -0.39 is 30.7 Å². The Labute approximate surface area is 385 Å². The summed E-state index contributed by atoms with van der Waals surface area (Å²) >= 11 is 0. The van der Waals surface area contributed by atoms with Crippen LogP contribution in [0.4, 0.5) is 0 Å². The Bertz CT molecular complexity index is 1990. The molecule has 1 aliphatic heterocycles. The fraction of sp³-hybridized carbons (Fsp3) is 0.586. The maximum atomic E-state index is 7.36. The van der Waals surface area contributed by atoms with Gasteiger partial charge in [-0.15, -0.1) is 0 Å². The molecule has 0 aromatic heterocycles. The predicted octanol–water partition coefficient (Wildman–Crippen LogP) is 13.2. The Morgan fingerprint density at radius 3 is 1.69 bits per heavy atom. The van der Waals surface area contributed by atoms with Crippen LogP contribution in [0.25, 0.3) is 0 Å². The van der Waals surface area contributed by atoms with Gasteiger partial charge in [-0.2, -0.15) is 0 Å². The fourth-order valence-electron chi connectivity index (χ4n) is 13.5. The molecule has 6 heteroatoms. The van der Waals surface area contributed by atoms with E-state index in [0.29, 0.717) is 49.8 Å². The van der Waals surface area contributed by atoms with E-state index in [-0.39, 0.29) is 6.10 Å². The van der Waals surface area contributed by atoms with Crippen LogP contribution in [0.15, 0.2) is 121 Å². The average molecular weight is 869 g/mol.